The molecule has 2 unspecified atom stereocenters. The minimum absolute atomic E-state index is 0. The number of hydrogen-bond acceptors (Lipinski definition) is 2. The molecule has 1 saturated heterocycles. The van der Waals surface area contributed by atoms with Crippen LogP contribution in [-0.2, 0) is 4.74 Å². The van der Waals surface area contributed by atoms with Gasteiger partial charge in [0.15, 0.2) is 0 Å². The van der Waals surface area contributed by atoms with E-state index in [-0.39, 0.29) is 18.8 Å². The molecule has 0 aromatic heterocycles. The van der Waals surface area contributed by atoms with E-state index in [0.717, 1.165) is 6.42 Å². The molecule has 78 valence electrons. The van der Waals surface area contributed by atoms with Gasteiger partial charge >= 0.3 is 0 Å². The first-order valence-corrected chi connectivity index (χ1v) is 4.26. The molecule has 0 amide bonds. The summed E-state index contributed by atoms with van der Waals surface area (Å²) >= 11 is 0. The van der Waals surface area contributed by atoms with Gasteiger partial charge in [-0.05, 0) is 12.8 Å². The van der Waals surface area contributed by atoms with Crippen molar-refractivity contribution < 1.29 is 13.5 Å². The predicted molar refractivity (Wildman–Crippen MR) is 47.3 cm³/mol. The van der Waals surface area contributed by atoms with Crippen LogP contribution in [0.3, 0.4) is 0 Å². The number of alkyl halides is 2. The lowest BCUT2D eigenvalue weighted by Gasteiger charge is -2.20. The first kappa shape index (κ1) is 11.1. The van der Waals surface area contributed by atoms with Crippen LogP contribution < -0.4 is 5.73 Å². The Kier molecular flexibility index (Phi) is 2.86. The minimum atomic E-state index is -2.44. The average Bonchev–Trinajstić information content (AvgIpc) is 2.43. The lowest BCUT2D eigenvalue weighted by Crippen LogP contribution is -2.41. The molecule has 1 saturated carbocycles. The van der Waals surface area contributed by atoms with Crippen molar-refractivity contribution in [1.82, 2.24) is 0 Å². The zero-order chi connectivity index (χ0) is 8.82. The summed E-state index contributed by atoms with van der Waals surface area (Å²) in [6, 6.07) is 0. The molecule has 2 aliphatic rings. The van der Waals surface area contributed by atoms with Gasteiger partial charge in [-0.3, -0.25) is 0 Å². The van der Waals surface area contributed by atoms with Gasteiger partial charge in [-0.15, -0.1) is 12.4 Å². The van der Waals surface area contributed by atoms with Crippen molar-refractivity contribution in [2.45, 2.75) is 30.7 Å². The van der Waals surface area contributed by atoms with E-state index in [1.54, 1.807) is 0 Å². The average molecular weight is 214 g/mol. The maximum Gasteiger partial charge on any atom is 0.251 e. The first-order chi connectivity index (χ1) is 5.52. The molecule has 2 nitrogen and oxygen atoms in total. The van der Waals surface area contributed by atoms with Crippen LogP contribution in [0.1, 0.15) is 19.3 Å². The molecule has 0 aromatic carbocycles. The van der Waals surface area contributed by atoms with Gasteiger partial charge in [0.2, 0.25) is 0 Å². The van der Waals surface area contributed by atoms with E-state index in [2.05, 4.69) is 0 Å². The van der Waals surface area contributed by atoms with E-state index in [0.29, 0.717) is 19.6 Å². The van der Waals surface area contributed by atoms with Crippen LogP contribution in [0.5, 0.6) is 0 Å². The van der Waals surface area contributed by atoms with Crippen molar-refractivity contribution in [3.05, 3.63) is 0 Å². The standard InChI is InChI=1S/C8H13F2NO.ClH/c9-8(10)4-6(8)3-7(11)1-2-12-5-7;/h6H,1-5,11H2;1H. The van der Waals surface area contributed by atoms with Gasteiger partial charge < -0.3 is 10.5 Å². The van der Waals surface area contributed by atoms with Gasteiger partial charge in [0, 0.05) is 24.5 Å². The van der Waals surface area contributed by atoms with Gasteiger partial charge in [-0.1, -0.05) is 0 Å². The molecule has 2 rings (SSSR count). The molecule has 0 bridgehead atoms. The van der Waals surface area contributed by atoms with Gasteiger partial charge in [-0.25, -0.2) is 8.78 Å². The van der Waals surface area contributed by atoms with E-state index in [4.69, 9.17) is 10.5 Å². The highest BCUT2D eigenvalue weighted by Gasteiger charge is 2.58. The van der Waals surface area contributed by atoms with Crippen molar-refractivity contribution in [1.29, 1.82) is 0 Å². The Balaban J connectivity index is 0.000000845. The number of halogens is 3. The lowest BCUT2D eigenvalue weighted by atomic mass is 9.93. The molecule has 1 aliphatic carbocycles. The van der Waals surface area contributed by atoms with Crippen molar-refractivity contribution in [2.75, 3.05) is 13.2 Å². The van der Waals surface area contributed by atoms with E-state index >= 15 is 0 Å². The third-order valence-corrected chi connectivity index (χ3v) is 2.74. The van der Waals surface area contributed by atoms with Crippen LogP contribution in [0.25, 0.3) is 0 Å². The Hall–Kier alpha value is 0.0700. The van der Waals surface area contributed by atoms with Crippen molar-refractivity contribution in [3.8, 4) is 0 Å². The van der Waals surface area contributed by atoms with Crippen molar-refractivity contribution in [2.24, 2.45) is 11.7 Å². The topological polar surface area (TPSA) is 35.2 Å². The van der Waals surface area contributed by atoms with Crippen LogP contribution in [0.4, 0.5) is 8.78 Å². The summed E-state index contributed by atoms with van der Waals surface area (Å²) in [5.41, 5.74) is 5.40. The Morgan fingerprint density at radius 1 is 1.46 bits per heavy atom. The highest BCUT2D eigenvalue weighted by molar-refractivity contribution is 5.85. The van der Waals surface area contributed by atoms with Crippen LogP contribution >= 0.6 is 12.4 Å². The van der Waals surface area contributed by atoms with E-state index in [1.807, 2.05) is 0 Å². The summed E-state index contributed by atoms with van der Waals surface area (Å²) in [5.74, 6) is -2.92. The fourth-order valence-electron chi connectivity index (χ4n) is 1.77. The highest BCUT2D eigenvalue weighted by Crippen LogP contribution is 2.52. The molecular formula is C8H14ClF2NO. The third-order valence-electron chi connectivity index (χ3n) is 2.74. The zero-order valence-electron chi connectivity index (χ0n) is 7.26. The quantitative estimate of drug-likeness (QED) is 0.756. The molecule has 0 spiro atoms. The summed E-state index contributed by atoms with van der Waals surface area (Å²) in [7, 11) is 0. The summed E-state index contributed by atoms with van der Waals surface area (Å²) in [6.07, 6.45) is 1.16. The monoisotopic (exact) mass is 213 g/mol. The number of ether oxygens (including phenoxy) is 1. The molecule has 2 atom stereocenters. The van der Waals surface area contributed by atoms with Crippen LogP contribution in [-0.4, -0.2) is 24.7 Å². The maximum atomic E-state index is 12.5. The molecule has 2 N–H and O–H groups in total. The van der Waals surface area contributed by atoms with Crippen LogP contribution in [0.15, 0.2) is 0 Å². The Morgan fingerprint density at radius 3 is 2.46 bits per heavy atom. The maximum absolute atomic E-state index is 12.5. The summed E-state index contributed by atoms with van der Waals surface area (Å²) in [4.78, 5) is 0. The van der Waals surface area contributed by atoms with E-state index in [9.17, 15) is 8.78 Å². The number of nitrogens with two attached hydrogens (primary N) is 1. The van der Waals surface area contributed by atoms with Gasteiger partial charge in [0.1, 0.15) is 0 Å². The summed E-state index contributed by atoms with van der Waals surface area (Å²) in [6.45, 7) is 1.06. The minimum Gasteiger partial charge on any atom is -0.379 e. The highest BCUT2D eigenvalue weighted by atomic mass is 35.5. The van der Waals surface area contributed by atoms with Crippen molar-refractivity contribution >= 4 is 12.4 Å². The van der Waals surface area contributed by atoms with E-state index < -0.39 is 17.4 Å². The Bertz CT molecular complexity index is 195. The molecule has 1 aliphatic heterocycles. The molecule has 1 heterocycles. The summed E-state index contributed by atoms with van der Waals surface area (Å²) in [5, 5.41) is 0. The second-order valence-electron chi connectivity index (χ2n) is 4.03. The first-order valence-electron chi connectivity index (χ1n) is 4.26. The second-order valence-corrected chi connectivity index (χ2v) is 4.03. The van der Waals surface area contributed by atoms with Gasteiger partial charge in [0.25, 0.3) is 5.92 Å². The molecule has 13 heavy (non-hydrogen) atoms. The molecular weight excluding hydrogens is 200 g/mol. The lowest BCUT2D eigenvalue weighted by molar-refractivity contribution is 0.0887. The number of hydrogen-bond donors (Lipinski definition) is 1. The Morgan fingerprint density at radius 2 is 2.08 bits per heavy atom. The summed E-state index contributed by atoms with van der Waals surface area (Å²) < 4.78 is 30.1. The molecule has 2 fully saturated rings. The van der Waals surface area contributed by atoms with Crippen molar-refractivity contribution in [3.63, 3.8) is 0 Å². The van der Waals surface area contributed by atoms with Gasteiger partial charge in [0.05, 0.1) is 6.61 Å². The fraction of sp³-hybridized carbons (Fsp3) is 1.00. The largest absolute Gasteiger partial charge is 0.379 e. The fourth-order valence-corrected chi connectivity index (χ4v) is 1.77. The Labute approximate surface area is 82.2 Å². The second kappa shape index (κ2) is 3.33. The van der Waals surface area contributed by atoms with Crippen LogP contribution in [0, 0.1) is 5.92 Å². The normalized spacial score (nSPS) is 41.3. The smallest absolute Gasteiger partial charge is 0.251 e. The van der Waals surface area contributed by atoms with Gasteiger partial charge in [-0.2, -0.15) is 0 Å². The zero-order valence-corrected chi connectivity index (χ0v) is 8.08. The molecule has 0 aromatic rings. The third kappa shape index (κ3) is 2.30. The SMILES string of the molecule is Cl.NC1(CC2CC2(F)F)CCOC1. The molecule has 5 heteroatoms. The van der Waals surface area contributed by atoms with Crippen LogP contribution in [0.2, 0.25) is 0 Å². The predicted octanol–water partition coefficient (Wildman–Crippen LogP) is 1.57. The molecule has 0 radical (unpaired) electrons. The van der Waals surface area contributed by atoms with E-state index in [1.165, 1.54) is 0 Å². The number of rotatable bonds is 2.